The highest BCUT2D eigenvalue weighted by atomic mass is 16.1. The molecule has 14 heavy (non-hydrogen) atoms. The molecule has 0 radical (unpaired) electrons. The fourth-order valence-electron chi connectivity index (χ4n) is 2.52. The standard InChI is InChI=1S/C12H19NO/c1-13-9-8-12(14)10-6-4-2-3-5-7-11(10)13/h2-9H2,1H3. The number of allylic oxidation sites excluding steroid dienone is 2. The second kappa shape index (κ2) is 4.16. The van der Waals surface area contributed by atoms with Crippen molar-refractivity contribution < 1.29 is 4.79 Å². The SMILES string of the molecule is CN1CCC(=O)C2=C1CCCCCC2. The van der Waals surface area contributed by atoms with Gasteiger partial charge >= 0.3 is 0 Å². The van der Waals surface area contributed by atoms with E-state index >= 15 is 0 Å². The van der Waals surface area contributed by atoms with E-state index in [0.717, 1.165) is 31.4 Å². The van der Waals surface area contributed by atoms with Crippen LogP contribution in [0.5, 0.6) is 0 Å². The summed E-state index contributed by atoms with van der Waals surface area (Å²) in [5.41, 5.74) is 2.50. The summed E-state index contributed by atoms with van der Waals surface area (Å²) in [5.74, 6) is 0.417. The summed E-state index contributed by atoms with van der Waals surface area (Å²) in [6.07, 6.45) is 7.98. The Morgan fingerprint density at radius 3 is 2.50 bits per heavy atom. The van der Waals surface area contributed by atoms with Crippen LogP contribution in [0.3, 0.4) is 0 Å². The summed E-state index contributed by atoms with van der Waals surface area (Å²) in [4.78, 5) is 14.0. The first-order chi connectivity index (χ1) is 6.79. The fourth-order valence-corrected chi connectivity index (χ4v) is 2.52. The molecule has 0 aromatic rings. The van der Waals surface area contributed by atoms with Gasteiger partial charge in [-0.3, -0.25) is 4.79 Å². The number of ketones is 1. The molecule has 0 aromatic carbocycles. The maximum atomic E-state index is 11.8. The molecule has 1 aliphatic heterocycles. The minimum absolute atomic E-state index is 0.417. The normalized spacial score (nSPS) is 24.4. The molecule has 0 fully saturated rings. The molecule has 1 aliphatic carbocycles. The van der Waals surface area contributed by atoms with Crippen LogP contribution in [0, 0.1) is 0 Å². The minimum Gasteiger partial charge on any atom is -0.377 e. The number of rotatable bonds is 0. The summed E-state index contributed by atoms with van der Waals surface area (Å²) >= 11 is 0. The first-order valence-electron chi connectivity index (χ1n) is 5.75. The monoisotopic (exact) mass is 193 g/mol. The Morgan fingerprint density at radius 1 is 1.00 bits per heavy atom. The van der Waals surface area contributed by atoms with Crippen LogP contribution in [0.4, 0.5) is 0 Å². The van der Waals surface area contributed by atoms with E-state index in [1.54, 1.807) is 0 Å². The molecule has 0 N–H and O–H groups in total. The molecule has 0 atom stereocenters. The summed E-state index contributed by atoms with van der Waals surface area (Å²) in [6, 6.07) is 0. The van der Waals surface area contributed by atoms with Crippen LogP contribution in [0.2, 0.25) is 0 Å². The fraction of sp³-hybridized carbons (Fsp3) is 0.750. The predicted molar refractivity (Wildman–Crippen MR) is 57.0 cm³/mol. The highest BCUT2D eigenvalue weighted by Gasteiger charge is 2.23. The van der Waals surface area contributed by atoms with E-state index < -0.39 is 0 Å². The van der Waals surface area contributed by atoms with Gasteiger partial charge in [-0.15, -0.1) is 0 Å². The van der Waals surface area contributed by atoms with Crippen LogP contribution in [-0.4, -0.2) is 24.3 Å². The van der Waals surface area contributed by atoms with Crippen molar-refractivity contribution in [3.63, 3.8) is 0 Å². The van der Waals surface area contributed by atoms with Gasteiger partial charge in [0, 0.05) is 31.3 Å². The van der Waals surface area contributed by atoms with E-state index in [1.807, 2.05) is 0 Å². The second-order valence-corrected chi connectivity index (χ2v) is 4.43. The Kier molecular flexibility index (Phi) is 2.90. The lowest BCUT2D eigenvalue weighted by Crippen LogP contribution is -2.30. The van der Waals surface area contributed by atoms with E-state index in [-0.39, 0.29) is 0 Å². The Morgan fingerprint density at radius 2 is 1.71 bits per heavy atom. The van der Waals surface area contributed by atoms with Crippen LogP contribution < -0.4 is 0 Å². The molecule has 1 heterocycles. The Hall–Kier alpha value is -0.790. The van der Waals surface area contributed by atoms with E-state index in [0.29, 0.717) is 5.78 Å². The number of hydrogen-bond donors (Lipinski definition) is 0. The van der Waals surface area contributed by atoms with Crippen molar-refractivity contribution in [2.24, 2.45) is 0 Å². The minimum atomic E-state index is 0.417. The molecule has 2 rings (SSSR count). The van der Waals surface area contributed by atoms with Gasteiger partial charge in [0.15, 0.2) is 5.78 Å². The van der Waals surface area contributed by atoms with Crippen LogP contribution >= 0.6 is 0 Å². The lowest BCUT2D eigenvalue weighted by atomic mass is 9.90. The van der Waals surface area contributed by atoms with Gasteiger partial charge < -0.3 is 4.90 Å². The molecule has 2 aliphatic rings. The van der Waals surface area contributed by atoms with Gasteiger partial charge in [0.2, 0.25) is 0 Å². The Labute approximate surface area is 86.0 Å². The smallest absolute Gasteiger partial charge is 0.162 e. The van der Waals surface area contributed by atoms with Crippen molar-refractivity contribution in [2.45, 2.75) is 44.9 Å². The number of carbonyl (C=O) groups is 1. The zero-order valence-electron chi connectivity index (χ0n) is 9.01. The topological polar surface area (TPSA) is 20.3 Å². The molecule has 0 saturated heterocycles. The largest absolute Gasteiger partial charge is 0.377 e. The molecule has 0 spiro atoms. The molecule has 0 bridgehead atoms. The maximum absolute atomic E-state index is 11.8. The number of Topliss-reactive ketones (excluding diaryl/α,β-unsaturated/α-hetero) is 1. The van der Waals surface area contributed by atoms with Gasteiger partial charge in [-0.2, -0.15) is 0 Å². The summed E-state index contributed by atoms with van der Waals surface area (Å²) < 4.78 is 0. The molecule has 0 unspecified atom stereocenters. The quantitative estimate of drug-likeness (QED) is 0.589. The first kappa shape index (κ1) is 9.75. The number of carbonyl (C=O) groups excluding carboxylic acids is 1. The molecular formula is C12H19NO. The third-order valence-electron chi connectivity index (χ3n) is 3.41. The average molecular weight is 193 g/mol. The van der Waals surface area contributed by atoms with Crippen LogP contribution in [0.1, 0.15) is 44.9 Å². The third kappa shape index (κ3) is 1.84. The lowest BCUT2D eigenvalue weighted by Gasteiger charge is -2.31. The van der Waals surface area contributed by atoms with Crippen LogP contribution in [0.25, 0.3) is 0 Å². The van der Waals surface area contributed by atoms with Gasteiger partial charge in [-0.25, -0.2) is 0 Å². The number of hydrogen-bond acceptors (Lipinski definition) is 2. The second-order valence-electron chi connectivity index (χ2n) is 4.43. The molecule has 78 valence electrons. The van der Waals surface area contributed by atoms with Gasteiger partial charge in [0.25, 0.3) is 0 Å². The van der Waals surface area contributed by atoms with Crippen molar-refractivity contribution in [3.05, 3.63) is 11.3 Å². The van der Waals surface area contributed by atoms with Crippen LogP contribution in [-0.2, 0) is 4.79 Å². The van der Waals surface area contributed by atoms with Crippen molar-refractivity contribution >= 4 is 5.78 Å². The summed E-state index contributed by atoms with van der Waals surface area (Å²) in [7, 11) is 2.13. The van der Waals surface area contributed by atoms with E-state index in [1.165, 1.54) is 31.4 Å². The van der Waals surface area contributed by atoms with Crippen molar-refractivity contribution in [3.8, 4) is 0 Å². The van der Waals surface area contributed by atoms with Gasteiger partial charge in [0.05, 0.1) is 0 Å². The maximum Gasteiger partial charge on any atom is 0.162 e. The zero-order valence-corrected chi connectivity index (χ0v) is 9.01. The van der Waals surface area contributed by atoms with Crippen LogP contribution in [0.15, 0.2) is 11.3 Å². The predicted octanol–water partition coefficient (Wildman–Crippen LogP) is 2.50. The molecule has 2 nitrogen and oxygen atoms in total. The first-order valence-corrected chi connectivity index (χ1v) is 5.75. The molecule has 0 saturated carbocycles. The molecule has 0 amide bonds. The molecular weight excluding hydrogens is 174 g/mol. The van der Waals surface area contributed by atoms with Crippen molar-refractivity contribution in [1.82, 2.24) is 4.90 Å². The summed E-state index contributed by atoms with van der Waals surface area (Å²) in [6.45, 7) is 0.928. The lowest BCUT2D eigenvalue weighted by molar-refractivity contribution is -0.116. The van der Waals surface area contributed by atoms with Crippen molar-refractivity contribution in [1.29, 1.82) is 0 Å². The zero-order chi connectivity index (χ0) is 9.97. The number of nitrogens with zero attached hydrogens (tertiary/aromatic N) is 1. The Bertz CT molecular complexity index is 267. The van der Waals surface area contributed by atoms with E-state index in [2.05, 4.69) is 11.9 Å². The molecule has 2 heteroatoms. The van der Waals surface area contributed by atoms with E-state index in [9.17, 15) is 4.79 Å². The summed E-state index contributed by atoms with van der Waals surface area (Å²) in [5, 5.41) is 0. The third-order valence-corrected chi connectivity index (χ3v) is 3.41. The van der Waals surface area contributed by atoms with Gasteiger partial charge in [-0.05, 0) is 25.7 Å². The van der Waals surface area contributed by atoms with Gasteiger partial charge in [-0.1, -0.05) is 12.8 Å². The Balaban J connectivity index is 2.25. The van der Waals surface area contributed by atoms with Crippen molar-refractivity contribution in [2.75, 3.05) is 13.6 Å². The highest BCUT2D eigenvalue weighted by molar-refractivity contribution is 5.96. The highest BCUT2D eigenvalue weighted by Crippen LogP contribution is 2.29. The molecule has 0 aromatic heterocycles. The van der Waals surface area contributed by atoms with Gasteiger partial charge in [0.1, 0.15) is 0 Å². The van der Waals surface area contributed by atoms with E-state index in [4.69, 9.17) is 0 Å². The average Bonchev–Trinajstić information content (AvgIpc) is 2.11.